The number of H-pyrrole nitrogens is 1. The zero-order valence-electron chi connectivity index (χ0n) is 14.6. The maximum Gasteiger partial charge on any atom is 0.186 e. The van der Waals surface area contributed by atoms with Crippen LogP contribution in [0.4, 0.5) is 4.39 Å². The van der Waals surface area contributed by atoms with E-state index in [-0.39, 0.29) is 17.3 Å². The van der Waals surface area contributed by atoms with Crippen LogP contribution >= 0.6 is 11.6 Å². The Morgan fingerprint density at radius 2 is 2.00 bits per heavy atom. The summed E-state index contributed by atoms with van der Waals surface area (Å²) in [5.74, 6) is 4.02. The van der Waals surface area contributed by atoms with E-state index in [4.69, 9.17) is 17.4 Å². The molecule has 0 bridgehead atoms. The summed E-state index contributed by atoms with van der Waals surface area (Å²) in [5.41, 5.74) is 0.926. The van der Waals surface area contributed by atoms with Crippen LogP contribution < -0.4 is 11.3 Å². The summed E-state index contributed by atoms with van der Waals surface area (Å²) in [6.45, 7) is 0. The van der Waals surface area contributed by atoms with E-state index in [0.717, 1.165) is 0 Å². The predicted molar refractivity (Wildman–Crippen MR) is 99.4 cm³/mol. The summed E-state index contributed by atoms with van der Waals surface area (Å²) in [7, 11) is 0. The van der Waals surface area contributed by atoms with Crippen molar-refractivity contribution in [3.05, 3.63) is 58.7 Å². The molecule has 1 unspecified atom stereocenters. The lowest BCUT2D eigenvalue weighted by Crippen LogP contribution is -2.31. The Bertz CT molecular complexity index is 1070. The highest BCUT2D eigenvalue weighted by Crippen LogP contribution is 2.43. The van der Waals surface area contributed by atoms with Crippen LogP contribution in [-0.2, 0) is 0 Å². The van der Waals surface area contributed by atoms with Crippen LogP contribution in [0.1, 0.15) is 24.1 Å². The molecule has 28 heavy (non-hydrogen) atoms. The van der Waals surface area contributed by atoms with Gasteiger partial charge in [0.2, 0.25) is 0 Å². The Labute approximate surface area is 163 Å². The minimum absolute atomic E-state index is 0.0239. The topological polar surface area (TPSA) is 133 Å². The molecule has 148 valence electrons. The molecule has 1 aliphatic carbocycles. The van der Waals surface area contributed by atoms with Gasteiger partial charge >= 0.3 is 0 Å². The average molecular weight is 408 g/mol. The lowest BCUT2D eigenvalue weighted by Gasteiger charge is -2.22. The lowest BCUT2D eigenvalue weighted by atomic mass is 9.92. The van der Waals surface area contributed by atoms with Gasteiger partial charge in [0.25, 0.3) is 0 Å². The fourth-order valence-corrected chi connectivity index (χ4v) is 4.10. The zero-order valence-corrected chi connectivity index (χ0v) is 15.3. The predicted octanol–water partition coefficient (Wildman–Crippen LogP) is 0.948. The molecule has 2 aromatic heterocycles. The van der Waals surface area contributed by atoms with Crippen molar-refractivity contribution in [1.29, 1.82) is 0 Å². The van der Waals surface area contributed by atoms with Gasteiger partial charge in [0.15, 0.2) is 11.3 Å². The van der Waals surface area contributed by atoms with Crippen molar-refractivity contribution in [2.75, 3.05) is 0 Å². The third-order valence-corrected chi connectivity index (χ3v) is 5.64. The molecule has 0 spiro atoms. The molecule has 2 heterocycles. The van der Waals surface area contributed by atoms with Gasteiger partial charge in [-0.2, -0.15) is 5.10 Å². The Morgan fingerprint density at radius 1 is 1.29 bits per heavy atom. The molecule has 0 amide bonds. The summed E-state index contributed by atoms with van der Waals surface area (Å²) in [6, 6.07) is 5.95. The fourth-order valence-electron chi connectivity index (χ4n) is 3.97. The van der Waals surface area contributed by atoms with Crippen LogP contribution in [0, 0.1) is 11.7 Å². The number of aromatic nitrogens is 3. The van der Waals surface area contributed by atoms with Crippen molar-refractivity contribution in [1.82, 2.24) is 14.5 Å². The third-order valence-electron chi connectivity index (χ3n) is 5.39. The minimum Gasteiger partial charge on any atom is -0.390 e. The zero-order chi connectivity index (χ0) is 20.0. The summed E-state index contributed by atoms with van der Waals surface area (Å²) in [6.07, 6.45) is -0.672. The van der Waals surface area contributed by atoms with E-state index in [0.29, 0.717) is 16.2 Å². The van der Waals surface area contributed by atoms with E-state index >= 15 is 0 Å². The Morgan fingerprint density at radius 3 is 2.68 bits per heavy atom. The fraction of sp³-hybridized carbons (Fsp3) is 0.333. The highest BCUT2D eigenvalue weighted by atomic mass is 35.5. The summed E-state index contributed by atoms with van der Waals surface area (Å²) >= 11 is 5.88. The van der Waals surface area contributed by atoms with Crippen molar-refractivity contribution in [2.24, 2.45) is 16.9 Å². The first-order chi connectivity index (χ1) is 13.4. The first-order valence-corrected chi connectivity index (χ1v) is 9.07. The monoisotopic (exact) mass is 407 g/mol. The number of nitrogens with one attached hydrogen (secondary N) is 1. The Hall–Kier alpha value is -2.46. The van der Waals surface area contributed by atoms with Crippen molar-refractivity contribution >= 4 is 22.6 Å². The van der Waals surface area contributed by atoms with E-state index in [2.05, 4.69) is 15.1 Å². The number of nitrogens with two attached hydrogens (primary N) is 1. The van der Waals surface area contributed by atoms with Crippen LogP contribution in [0.2, 0.25) is 5.02 Å². The standard InChI is InChI=1S/C18H19ClFN5O3/c19-9-3-1-8(2-4-9)14(26)10-5-12(16(28)15(10)27)25-6-11(20)13-17(24-21)22-7-23-18(13)25/h1-4,6-7,10,12,14-16,26-28H,5,21H2,(H,22,23,24)/t10-,12-,14?,15-,16+/m1/s1. The molecule has 0 radical (unpaired) electrons. The van der Waals surface area contributed by atoms with Gasteiger partial charge in [0.1, 0.15) is 11.8 Å². The van der Waals surface area contributed by atoms with Gasteiger partial charge in [-0.3, -0.25) is 0 Å². The average Bonchev–Trinajstić information content (AvgIpc) is 3.19. The number of hydrogen-bond acceptors (Lipinski definition) is 6. The SMILES string of the molecule is N/N=c1/nc[nH]c2c1c(F)cn2[C@@H]1C[C@H](C(O)c2ccc(Cl)cc2)[C@@H](O)[C@H]1O. The van der Waals surface area contributed by atoms with Crippen LogP contribution in [0.25, 0.3) is 11.0 Å². The van der Waals surface area contributed by atoms with Crippen molar-refractivity contribution in [2.45, 2.75) is 30.8 Å². The van der Waals surface area contributed by atoms with Gasteiger partial charge in [0.05, 0.1) is 30.0 Å². The second kappa shape index (κ2) is 7.17. The number of halogens is 2. The molecule has 6 N–H and O–H groups in total. The van der Waals surface area contributed by atoms with Crippen molar-refractivity contribution in [3.8, 4) is 0 Å². The number of aliphatic hydroxyl groups excluding tert-OH is 3. The number of benzene rings is 1. The van der Waals surface area contributed by atoms with Crippen molar-refractivity contribution in [3.63, 3.8) is 0 Å². The molecular formula is C18H19ClFN5O3. The number of aliphatic hydroxyl groups is 3. The first-order valence-electron chi connectivity index (χ1n) is 8.69. The molecule has 1 saturated carbocycles. The highest BCUT2D eigenvalue weighted by molar-refractivity contribution is 6.30. The normalized spacial score (nSPS) is 26.8. The van der Waals surface area contributed by atoms with E-state index in [1.54, 1.807) is 24.3 Å². The second-order valence-electron chi connectivity index (χ2n) is 6.91. The molecule has 1 aliphatic rings. The van der Waals surface area contributed by atoms with Gasteiger partial charge in [-0.05, 0) is 24.1 Å². The number of rotatable bonds is 3. The summed E-state index contributed by atoms with van der Waals surface area (Å²) < 4.78 is 16.0. The summed E-state index contributed by atoms with van der Waals surface area (Å²) in [5, 5.41) is 36.0. The number of nitrogens with zero attached hydrogens (tertiary/aromatic N) is 3. The summed E-state index contributed by atoms with van der Waals surface area (Å²) in [4.78, 5) is 6.72. The molecule has 4 rings (SSSR count). The van der Waals surface area contributed by atoms with Crippen LogP contribution in [-0.4, -0.2) is 42.1 Å². The van der Waals surface area contributed by atoms with E-state index in [9.17, 15) is 19.7 Å². The largest absolute Gasteiger partial charge is 0.390 e. The Balaban J connectivity index is 1.71. The van der Waals surface area contributed by atoms with E-state index in [1.807, 2.05) is 0 Å². The van der Waals surface area contributed by atoms with Crippen LogP contribution in [0.15, 0.2) is 41.9 Å². The number of aromatic amines is 1. The number of hydrogen-bond donors (Lipinski definition) is 5. The lowest BCUT2D eigenvalue weighted by molar-refractivity contribution is -0.0264. The minimum atomic E-state index is -1.21. The quantitative estimate of drug-likeness (QED) is 0.325. The molecule has 5 atom stereocenters. The van der Waals surface area contributed by atoms with Gasteiger partial charge in [-0.25, -0.2) is 9.37 Å². The third kappa shape index (κ3) is 2.96. The smallest absolute Gasteiger partial charge is 0.186 e. The van der Waals surface area contributed by atoms with E-state index in [1.165, 1.54) is 17.1 Å². The second-order valence-corrected chi connectivity index (χ2v) is 7.34. The molecule has 0 aliphatic heterocycles. The van der Waals surface area contributed by atoms with Crippen molar-refractivity contribution < 1.29 is 19.7 Å². The molecule has 1 aromatic carbocycles. The molecule has 1 fully saturated rings. The first kappa shape index (κ1) is 18.9. The highest BCUT2D eigenvalue weighted by Gasteiger charge is 2.46. The number of fused-ring (bicyclic) bond motifs is 1. The molecule has 0 saturated heterocycles. The van der Waals surface area contributed by atoms with Gasteiger partial charge in [0, 0.05) is 17.1 Å². The van der Waals surface area contributed by atoms with E-state index < -0.39 is 36.1 Å². The molecular weight excluding hydrogens is 389 g/mol. The maximum atomic E-state index is 14.5. The van der Waals surface area contributed by atoms with Gasteiger partial charge in [-0.15, -0.1) is 0 Å². The molecule has 10 heteroatoms. The van der Waals surface area contributed by atoms with Gasteiger partial charge in [-0.1, -0.05) is 23.7 Å². The van der Waals surface area contributed by atoms with Crippen LogP contribution in [0.3, 0.4) is 0 Å². The van der Waals surface area contributed by atoms with Gasteiger partial charge < -0.3 is 30.7 Å². The maximum absolute atomic E-state index is 14.5. The molecule has 3 aromatic rings. The van der Waals surface area contributed by atoms with Crippen LogP contribution in [0.5, 0.6) is 0 Å². The molecule has 8 nitrogen and oxygen atoms in total. The Kier molecular flexibility index (Phi) is 4.84.